The third-order valence-electron chi connectivity index (χ3n) is 7.11. The minimum atomic E-state index is -1.07. The average Bonchev–Trinajstić information content (AvgIpc) is 3.13. The summed E-state index contributed by atoms with van der Waals surface area (Å²) in [5, 5.41) is 11.5. The number of aliphatic hydroxyl groups is 1. The highest BCUT2D eigenvalue weighted by Crippen LogP contribution is 2.42. The number of benzene rings is 1. The van der Waals surface area contributed by atoms with Gasteiger partial charge in [-0.05, 0) is 24.7 Å². The number of nitrogens with zero attached hydrogens (tertiary/aromatic N) is 3. The number of carbonyl (C=O) groups excluding carboxylic acids is 1. The standard InChI is InChI=1S/C24H29F2N3O2/c1-15-11-29(12-16(2)24(15,31)17-5-4-8-27-10-17)23(30)21-14-28(3)13-20(21)19-7-6-18(25)9-22(19)26/h4-10,15-16,20-21,31H,11-14H2,1-3H3/t15?,16?,20-,21+,24?/m0/s1. The maximum absolute atomic E-state index is 14.5. The van der Waals surface area contributed by atoms with E-state index in [0.717, 1.165) is 11.6 Å². The highest BCUT2D eigenvalue weighted by Gasteiger charge is 2.49. The van der Waals surface area contributed by atoms with E-state index in [0.29, 0.717) is 31.7 Å². The monoisotopic (exact) mass is 429 g/mol. The van der Waals surface area contributed by atoms with Gasteiger partial charge in [0.15, 0.2) is 0 Å². The van der Waals surface area contributed by atoms with Crippen molar-refractivity contribution in [2.45, 2.75) is 25.4 Å². The molecule has 2 aliphatic rings. The number of likely N-dealkylation sites (tertiary alicyclic amines) is 2. The Morgan fingerprint density at radius 3 is 2.45 bits per heavy atom. The van der Waals surface area contributed by atoms with E-state index in [2.05, 4.69) is 4.98 Å². The third-order valence-corrected chi connectivity index (χ3v) is 7.11. The van der Waals surface area contributed by atoms with Crippen LogP contribution in [0.25, 0.3) is 0 Å². The smallest absolute Gasteiger partial charge is 0.227 e. The predicted octanol–water partition coefficient (Wildman–Crippen LogP) is 3.01. The topological polar surface area (TPSA) is 56.7 Å². The molecule has 2 fully saturated rings. The molecule has 4 atom stereocenters. The normalized spacial score (nSPS) is 31.7. The van der Waals surface area contributed by atoms with Crippen molar-refractivity contribution < 1.29 is 18.7 Å². The quantitative estimate of drug-likeness (QED) is 0.815. The molecule has 3 heterocycles. The molecule has 7 heteroatoms. The molecular formula is C24H29F2N3O2. The minimum absolute atomic E-state index is 0.0370. The minimum Gasteiger partial charge on any atom is -0.384 e. The molecule has 2 saturated heterocycles. The second kappa shape index (κ2) is 8.28. The first-order chi connectivity index (χ1) is 14.7. The Kier molecular flexibility index (Phi) is 5.83. The van der Waals surface area contributed by atoms with Crippen LogP contribution in [0.4, 0.5) is 8.78 Å². The second-order valence-corrected chi connectivity index (χ2v) is 9.21. The molecule has 0 bridgehead atoms. The first-order valence-corrected chi connectivity index (χ1v) is 10.8. The molecule has 1 aromatic heterocycles. The van der Waals surface area contributed by atoms with Gasteiger partial charge in [0, 0.05) is 68.0 Å². The fourth-order valence-corrected chi connectivity index (χ4v) is 5.45. The number of carbonyl (C=O) groups is 1. The van der Waals surface area contributed by atoms with Crippen LogP contribution in [0.3, 0.4) is 0 Å². The molecule has 166 valence electrons. The van der Waals surface area contributed by atoms with E-state index in [1.807, 2.05) is 31.9 Å². The molecule has 1 N–H and O–H groups in total. The fraction of sp³-hybridized carbons (Fsp3) is 0.500. The van der Waals surface area contributed by atoms with E-state index >= 15 is 0 Å². The molecular weight excluding hydrogens is 400 g/mol. The van der Waals surface area contributed by atoms with Gasteiger partial charge in [0.1, 0.15) is 11.6 Å². The molecule has 2 aromatic rings. The Bertz CT molecular complexity index is 943. The zero-order valence-corrected chi connectivity index (χ0v) is 18.1. The van der Waals surface area contributed by atoms with Gasteiger partial charge in [-0.15, -0.1) is 0 Å². The molecule has 5 nitrogen and oxygen atoms in total. The van der Waals surface area contributed by atoms with Gasteiger partial charge in [-0.2, -0.15) is 0 Å². The summed E-state index contributed by atoms with van der Waals surface area (Å²) in [6, 6.07) is 7.26. The van der Waals surface area contributed by atoms with E-state index < -0.39 is 23.2 Å². The van der Waals surface area contributed by atoms with Crippen LogP contribution in [0.1, 0.15) is 30.9 Å². The summed E-state index contributed by atoms with van der Waals surface area (Å²) in [6.07, 6.45) is 3.36. The van der Waals surface area contributed by atoms with Crippen molar-refractivity contribution in [2.24, 2.45) is 17.8 Å². The van der Waals surface area contributed by atoms with Gasteiger partial charge in [0.25, 0.3) is 0 Å². The Morgan fingerprint density at radius 2 is 1.84 bits per heavy atom. The van der Waals surface area contributed by atoms with E-state index in [9.17, 15) is 18.7 Å². The third kappa shape index (κ3) is 3.85. The van der Waals surface area contributed by atoms with Crippen molar-refractivity contribution in [3.05, 3.63) is 65.5 Å². The van der Waals surface area contributed by atoms with Crippen LogP contribution in [0.15, 0.2) is 42.7 Å². The highest BCUT2D eigenvalue weighted by molar-refractivity contribution is 5.81. The first-order valence-electron chi connectivity index (χ1n) is 10.8. The number of pyridine rings is 1. The summed E-state index contributed by atoms with van der Waals surface area (Å²) in [6.45, 7) is 5.77. The van der Waals surface area contributed by atoms with Gasteiger partial charge in [-0.25, -0.2) is 8.78 Å². The summed E-state index contributed by atoms with van der Waals surface area (Å²) in [5.41, 5.74) is 0.0722. The lowest BCUT2D eigenvalue weighted by atomic mass is 9.71. The molecule has 0 radical (unpaired) electrons. The van der Waals surface area contributed by atoms with Crippen LogP contribution < -0.4 is 0 Å². The van der Waals surface area contributed by atoms with E-state index in [1.165, 1.54) is 12.1 Å². The molecule has 4 rings (SSSR count). The maximum atomic E-state index is 14.5. The Hall–Kier alpha value is -2.38. The summed E-state index contributed by atoms with van der Waals surface area (Å²) < 4.78 is 27.9. The molecule has 0 saturated carbocycles. The largest absolute Gasteiger partial charge is 0.384 e. The van der Waals surface area contributed by atoms with Crippen LogP contribution in [-0.4, -0.2) is 59.0 Å². The number of hydrogen-bond acceptors (Lipinski definition) is 4. The molecule has 31 heavy (non-hydrogen) atoms. The van der Waals surface area contributed by atoms with Gasteiger partial charge in [-0.3, -0.25) is 9.78 Å². The van der Waals surface area contributed by atoms with Gasteiger partial charge in [-0.1, -0.05) is 26.0 Å². The molecule has 1 aromatic carbocycles. The number of amides is 1. The molecule has 0 spiro atoms. The lowest BCUT2D eigenvalue weighted by Crippen LogP contribution is -2.57. The zero-order valence-electron chi connectivity index (χ0n) is 18.1. The first kappa shape index (κ1) is 21.8. The van der Waals surface area contributed by atoms with E-state index in [-0.39, 0.29) is 23.7 Å². The molecule has 0 aliphatic carbocycles. The van der Waals surface area contributed by atoms with Crippen molar-refractivity contribution in [3.63, 3.8) is 0 Å². The van der Waals surface area contributed by atoms with E-state index in [4.69, 9.17) is 0 Å². The van der Waals surface area contributed by atoms with Crippen LogP contribution in [-0.2, 0) is 10.4 Å². The SMILES string of the molecule is CC1CN(C(=O)[C@@H]2CN(C)C[C@H]2c2ccc(F)cc2F)CC(C)C1(O)c1cccnc1. The molecule has 1 amide bonds. The molecule has 2 aliphatic heterocycles. The number of likely N-dealkylation sites (N-methyl/N-ethyl adjacent to an activating group) is 1. The maximum Gasteiger partial charge on any atom is 0.227 e. The van der Waals surface area contributed by atoms with Crippen molar-refractivity contribution in [1.29, 1.82) is 0 Å². The van der Waals surface area contributed by atoms with Gasteiger partial charge >= 0.3 is 0 Å². The molecule has 2 unspecified atom stereocenters. The zero-order chi connectivity index (χ0) is 22.3. The highest BCUT2D eigenvalue weighted by atomic mass is 19.1. The van der Waals surface area contributed by atoms with Gasteiger partial charge in [0.2, 0.25) is 5.91 Å². The summed E-state index contributed by atoms with van der Waals surface area (Å²) >= 11 is 0. The number of piperidine rings is 1. The average molecular weight is 430 g/mol. The summed E-state index contributed by atoms with van der Waals surface area (Å²) in [5.74, 6) is -2.39. The number of rotatable bonds is 3. The van der Waals surface area contributed by atoms with Crippen LogP contribution in [0.5, 0.6) is 0 Å². The predicted molar refractivity (Wildman–Crippen MR) is 113 cm³/mol. The second-order valence-electron chi connectivity index (χ2n) is 9.21. The van der Waals surface area contributed by atoms with Crippen LogP contribution in [0, 0.1) is 29.4 Å². The Labute approximate surface area is 181 Å². The lowest BCUT2D eigenvalue weighted by molar-refractivity contribution is -0.152. The van der Waals surface area contributed by atoms with E-state index in [1.54, 1.807) is 23.4 Å². The fourth-order valence-electron chi connectivity index (χ4n) is 5.45. The van der Waals surface area contributed by atoms with Crippen molar-refractivity contribution in [1.82, 2.24) is 14.8 Å². The van der Waals surface area contributed by atoms with Crippen LogP contribution >= 0.6 is 0 Å². The van der Waals surface area contributed by atoms with Crippen LogP contribution in [0.2, 0.25) is 0 Å². The van der Waals surface area contributed by atoms with Crippen molar-refractivity contribution >= 4 is 5.91 Å². The summed E-state index contributed by atoms with van der Waals surface area (Å²) in [7, 11) is 1.91. The van der Waals surface area contributed by atoms with Crippen molar-refractivity contribution in [3.8, 4) is 0 Å². The number of aromatic nitrogens is 1. The number of halogens is 2. The number of hydrogen-bond donors (Lipinski definition) is 1. The Morgan fingerprint density at radius 1 is 1.13 bits per heavy atom. The lowest BCUT2D eigenvalue weighted by Gasteiger charge is -2.48. The Balaban J connectivity index is 1.57. The van der Waals surface area contributed by atoms with Crippen molar-refractivity contribution in [2.75, 3.05) is 33.2 Å². The van der Waals surface area contributed by atoms with Gasteiger partial charge < -0.3 is 14.9 Å². The summed E-state index contributed by atoms with van der Waals surface area (Å²) in [4.78, 5) is 21.5. The van der Waals surface area contributed by atoms with Gasteiger partial charge in [0.05, 0.1) is 11.5 Å².